The summed E-state index contributed by atoms with van der Waals surface area (Å²) < 4.78 is 1.03. The molecule has 2 aromatic rings. The first kappa shape index (κ1) is 13.1. The molecule has 1 unspecified atom stereocenters. The number of hydrogen-bond acceptors (Lipinski definition) is 4. The maximum atomic E-state index is 6.03. The van der Waals surface area contributed by atoms with E-state index in [1.54, 1.807) is 0 Å². The summed E-state index contributed by atoms with van der Waals surface area (Å²) in [7, 11) is 0. The van der Waals surface area contributed by atoms with E-state index in [0.29, 0.717) is 10.8 Å². The summed E-state index contributed by atoms with van der Waals surface area (Å²) in [6, 6.07) is 8.09. The van der Waals surface area contributed by atoms with Gasteiger partial charge in [0.2, 0.25) is 0 Å². The summed E-state index contributed by atoms with van der Waals surface area (Å²) in [6.45, 7) is 2.02. The van der Waals surface area contributed by atoms with Crippen molar-refractivity contribution in [2.45, 2.75) is 13.0 Å². The zero-order valence-corrected chi connectivity index (χ0v) is 12.0. The van der Waals surface area contributed by atoms with Crippen LogP contribution >= 0.6 is 27.5 Å². The van der Waals surface area contributed by atoms with Crippen LogP contribution in [0.25, 0.3) is 0 Å². The zero-order chi connectivity index (χ0) is 13.1. The molecule has 0 fully saturated rings. The van der Waals surface area contributed by atoms with Crippen LogP contribution in [0, 0.1) is 0 Å². The highest BCUT2D eigenvalue weighted by atomic mass is 79.9. The number of rotatable bonds is 3. The molecule has 3 N–H and O–H groups in total. The van der Waals surface area contributed by atoms with Crippen molar-refractivity contribution in [1.29, 1.82) is 0 Å². The second-order valence-corrected chi connectivity index (χ2v) is 5.14. The molecule has 1 aromatic carbocycles. The van der Waals surface area contributed by atoms with E-state index in [9.17, 15) is 0 Å². The minimum absolute atomic E-state index is 0.0642. The fourth-order valence-electron chi connectivity index (χ4n) is 1.55. The summed E-state index contributed by atoms with van der Waals surface area (Å²) in [5.41, 5.74) is 6.75. The molecular weight excluding hydrogens is 316 g/mol. The first-order valence-electron chi connectivity index (χ1n) is 5.36. The highest BCUT2D eigenvalue weighted by molar-refractivity contribution is 9.10. The van der Waals surface area contributed by atoms with Gasteiger partial charge in [0.25, 0.3) is 0 Å². The second kappa shape index (κ2) is 5.54. The zero-order valence-electron chi connectivity index (χ0n) is 9.69. The van der Waals surface area contributed by atoms with Crippen LogP contribution < -0.4 is 11.1 Å². The number of nitrogens with one attached hydrogen (secondary N) is 1. The van der Waals surface area contributed by atoms with Gasteiger partial charge >= 0.3 is 0 Å². The number of nitrogen functional groups attached to an aromatic ring is 1. The van der Waals surface area contributed by atoms with Crippen LogP contribution in [0.3, 0.4) is 0 Å². The van der Waals surface area contributed by atoms with E-state index >= 15 is 0 Å². The lowest BCUT2D eigenvalue weighted by Gasteiger charge is -2.16. The SMILES string of the molecule is CC(Nc1ncnc(N)c1Cl)c1cccc(Br)c1. The standard InChI is InChI=1S/C12H12BrClN4/c1-7(8-3-2-4-9(13)5-8)18-12-10(14)11(15)16-6-17-12/h2-7H,1H3,(H3,15,16,17,18). The number of hydrogen-bond donors (Lipinski definition) is 2. The molecule has 2 rings (SSSR count). The Bertz CT molecular complexity index is 562. The molecule has 0 aliphatic carbocycles. The van der Waals surface area contributed by atoms with E-state index < -0.39 is 0 Å². The molecule has 0 aliphatic heterocycles. The van der Waals surface area contributed by atoms with Gasteiger partial charge in [0.1, 0.15) is 17.2 Å². The third-order valence-electron chi connectivity index (χ3n) is 2.52. The molecule has 0 amide bonds. The van der Waals surface area contributed by atoms with Crippen LogP contribution in [0.5, 0.6) is 0 Å². The summed E-state index contributed by atoms with van der Waals surface area (Å²) in [6.07, 6.45) is 1.39. The van der Waals surface area contributed by atoms with E-state index in [1.807, 2.05) is 31.2 Å². The van der Waals surface area contributed by atoms with Gasteiger partial charge in [0.15, 0.2) is 5.82 Å². The Hall–Kier alpha value is -1.33. The molecule has 0 saturated carbocycles. The predicted octanol–water partition coefficient (Wildman–Crippen LogP) is 3.65. The predicted molar refractivity (Wildman–Crippen MR) is 77.6 cm³/mol. The Morgan fingerprint density at radius 2 is 2.17 bits per heavy atom. The maximum Gasteiger partial charge on any atom is 0.150 e. The van der Waals surface area contributed by atoms with Crippen molar-refractivity contribution in [1.82, 2.24) is 9.97 Å². The number of benzene rings is 1. The van der Waals surface area contributed by atoms with Crippen LogP contribution in [0.1, 0.15) is 18.5 Å². The van der Waals surface area contributed by atoms with Crippen molar-refractivity contribution >= 4 is 39.2 Å². The van der Waals surface area contributed by atoms with Crippen LogP contribution in [0.2, 0.25) is 5.02 Å². The van der Waals surface area contributed by atoms with Gasteiger partial charge < -0.3 is 11.1 Å². The molecule has 4 nitrogen and oxygen atoms in total. The van der Waals surface area contributed by atoms with Crippen molar-refractivity contribution in [2.75, 3.05) is 11.1 Å². The van der Waals surface area contributed by atoms with E-state index in [-0.39, 0.29) is 11.9 Å². The molecular formula is C12H12BrClN4. The molecule has 0 bridgehead atoms. The van der Waals surface area contributed by atoms with Crippen LogP contribution in [0.4, 0.5) is 11.6 Å². The van der Waals surface area contributed by atoms with Gasteiger partial charge in [-0.25, -0.2) is 9.97 Å². The lowest BCUT2D eigenvalue weighted by molar-refractivity contribution is 0.871. The van der Waals surface area contributed by atoms with Gasteiger partial charge in [-0.3, -0.25) is 0 Å². The second-order valence-electron chi connectivity index (χ2n) is 3.84. The van der Waals surface area contributed by atoms with Gasteiger partial charge in [-0.2, -0.15) is 0 Å². The normalized spacial score (nSPS) is 12.2. The maximum absolute atomic E-state index is 6.03. The van der Waals surface area contributed by atoms with Crippen LogP contribution in [0.15, 0.2) is 35.1 Å². The molecule has 0 saturated heterocycles. The fourth-order valence-corrected chi connectivity index (χ4v) is 2.12. The number of aromatic nitrogens is 2. The Kier molecular flexibility index (Phi) is 4.04. The molecule has 18 heavy (non-hydrogen) atoms. The third-order valence-corrected chi connectivity index (χ3v) is 3.38. The first-order valence-corrected chi connectivity index (χ1v) is 6.53. The van der Waals surface area contributed by atoms with Crippen molar-refractivity contribution in [3.05, 3.63) is 45.7 Å². The number of nitrogens with two attached hydrogens (primary N) is 1. The van der Waals surface area contributed by atoms with Gasteiger partial charge in [-0.1, -0.05) is 39.7 Å². The lowest BCUT2D eigenvalue weighted by Crippen LogP contribution is -2.09. The third kappa shape index (κ3) is 2.91. The highest BCUT2D eigenvalue weighted by Gasteiger charge is 2.11. The summed E-state index contributed by atoms with van der Waals surface area (Å²) in [4.78, 5) is 7.90. The molecule has 1 heterocycles. The Morgan fingerprint density at radius 1 is 1.39 bits per heavy atom. The van der Waals surface area contributed by atoms with E-state index in [2.05, 4.69) is 31.2 Å². The summed E-state index contributed by atoms with van der Waals surface area (Å²) >= 11 is 9.48. The van der Waals surface area contributed by atoms with Crippen molar-refractivity contribution in [2.24, 2.45) is 0 Å². The lowest BCUT2D eigenvalue weighted by atomic mass is 10.1. The molecule has 94 valence electrons. The molecule has 0 spiro atoms. The average Bonchev–Trinajstić information content (AvgIpc) is 2.35. The largest absolute Gasteiger partial charge is 0.382 e. The summed E-state index contributed by atoms with van der Waals surface area (Å²) in [5, 5.41) is 3.56. The smallest absolute Gasteiger partial charge is 0.150 e. The summed E-state index contributed by atoms with van der Waals surface area (Å²) in [5.74, 6) is 0.812. The Morgan fingerprint density at radius 3 is 2.89 bits per heavy atom. The monoisotopic (exact) mass is 326 g/mol. The highest BCUT2D eigenvalue weighted by Crippen LogP contribution is 2.27. The minimum atomic E-state index is 0.0642. The van der Waals surface area contributed by atoms with Crippen molar-refractivity contribution < 1.29 is 0 Å². The van der Waals surface area contributed by atoms with Gasteiger partial charge in [0, 0.05) is 4.47 Å². The quantitative estimate of drug-likeness (QED) is 0.903. The number of anilines is 2. The first-order chi connectivity index (χ1) is 8.58. The van der Waals surface area contributed by atoms with Gasteiger partial charge in [-0.15, -0.1) is 0 Å². The van der Waals surface area contributed by atoms with E-state index in [4.69, 9.17) is 17.3 Å². The van der Waals surface area contributed by atoms with E-state index in [1.165, 1.54) is 6.33 Å². The van der Waals surface area contributed by atoms with Crippen molar-refractivity contribution in [3.8, 4) is 0 Å². The molecule has 6 heteroatoms. The van der Waals surface area contributed by atoms with Gasteiger partial charge in [0.05, 0.1) is 6.04 Å². The molecule has 1 aromatic heterocycles. The van der Waals surface area contributed by atoms with E-state index in [0.717, 1.165) is 10.0 Å². The average molecular weight is 328 g/mol. The minimum Gasteiger partial charge on any atom is -0.382 e. The number of nitrogens with zero attached hydrogens (tertiary/aromatic N) is 2. The molecule has 1 atom stereocenters. The van der Waals surface area contributed by atoms with Crippen molar-refractivity contribution in [3.63, 3.8) is 0 Å². The topological polar surface area (TPSA) is 63.8 Å². The number of halogens is 2. The molecule has 0 aliphatic rings. The van der Waals surface area contributed by atoms with Crippen LogP contribution in [-0.2, 0) is 0 Å². The Labute approximate surface area is 119 Å². The fraction of sp³-hybridized carbons (Fsp3) is 0.167. The van der Waals surface area contributed by atoms with Crippen LogP contribution in [-0.4, -0.2) is 9.97 Å². The Balaban J connectivity index is 2.21. The van der Waals surface area contributed by atoms with Gasteiger partial charge in [-0.05, 0) is 24.6 Å². The molecule has 0 radical (unpaired) electrons.